The van der Waals surface area contributed by atoms with Crippen LogP contribution in [0.15, 0.2) is 12.4 Å². The van der Waals surface area contributed by atoms with Crippen molar-refractivity contribution in [2.75, 3.05) is 13.2 Å². The molecule has 2 rings (SSSR count). The first-order valence-electron chi connectivity index (χ1n) is 7.01. The normalized spacial score (nSPS) is 23.2. The lowest BCUT2D eigenvalue weighted by atomic mass is 9.79. The molecule has 2 atom stereocenters. The van der Waals surface area contributed by atoms with E-state index in [2.05, 4.69) is 15.6 Å². The third-order valence-electron chi connectivity index (χ3n) is 3.90. The third kappa shape index (κ3) is 4.31. The van der Waals surface area contributed by atoms with Crippen LogP contribution >= 0.6 is 0 Å². The molecule has 2 unspecified atom stereocenters. The number of nitrogens with zero attached hydrogens (tertiary/aromatic N) is 3. The molecule has 106 valence electrons. The summed E-state index contributed by atoms with van der Waals surface area (Å²) in [4.78, 5) is 11.7. The summed E-state index contributed by atoms with van der Waals surface area (Å²) >= 11 is 0. The largest absolute Gasteiger partial charge is 0.396 e. The number of rotatable bonds is 6. The van der Waals surface area contributed by atoms with E-state index in [0.717, 1.165) is 12.8 Å². The highest BCUT2D eigenvalue weighted by Gasteiger charge is 2.24. The van der Waals surface area contributed by atoms with E-state index in [9.17, 15) is 9.90 Å². The number of hydrogen-bond donors (Lipinski definition) is 2. The molecule has 0 radical (unpaired) electrons. The highest BCUT2D eigenvalue weighted by Crippen LogP contribution is 2.28. The van der Waals surface area contributed by atoms with Gasteiger partial charge in [0.1, 0.15) is 0 Å². The van der Waals surface area contributed by atoms with Crippen molar-refractivity contribution < 1.29 is 9.90 Å². The van der Waals surface area contributed by atoms with Gasteiger partial charge < -0.3 is 10.4 Å². The molecule has 1 fully saturated rings. The standard InChI is InChI=1S/C13H22N4O2/c18-10-12-4-2-1-3-11(12)9-14-13(19)5-7-17-8-6-15-16-17/h6,8,11-12,18H,1-5,7,9-10H2,(H,14,19). The lowest BCUT2D eigenvalue weighted by Gasteiger charge is -2.30. The summed E-state index contributed by atoms with van der Waals surface area (Å²) in [6.07, 6.45) is 8.35. The zero-order chi connectivity index (χ0) is 13.5. The molecular formula is C13H22N4O2. The summed E-state index contributed by atoms with van der Waals surface area (Å²) in [5, 5.41) is 19.8. The Morgan fingerprint density at radius 1 is 1.37 bits per heavy atom. The Balaban J connectivity index is 1.67. The van der Waals surface area contributed by atoms with Crippen molar-refractivity contribution in [3.8, 4) is 0 Å². The summed E-state index contributed by atoms with van der Waals surface area (Å²) in [7, 11) is 0. The maximum atomic E-state index is 11.7. The molecule has 1 amide bonds. The quantitative estimate of drug-likeness (QED) is 0.789. The molecule has 2 N–H and O–H groups in total. The number of aromatic nitrogens is 3. The van der Waals surface area contributed by atoms with Crippen LogP contribution in [0.4, 0.5) is 0 Å². The van der Waals surface area contributed by atoms with Gasteiger partial charge in [0.15, 0.2) is 0 Å². The molecule has 6 heteroatoms. The van der Waals surface area contributed by atoms with Gasteiger partial charge in [-0.1, -0.05) is 18.1 Å². The second kappa shape index (κ2) is 7.23. The van der Waals surface area contributed by atoms with Crippen LogP contribution in [0.25, 0.3) is 0 Å². The van der Waals surface area contributed by atoms with E-state index in [1.165, 1.54) is 12.8 Å². The van der Waals surface area contributed by atoms with E-state index >= 15 is 0 Å². The van der Waals surface area contributed by atoms with Gasteiger partial charge in [-0.15, -0.1) is 5.10 Å². The van der Waals surface area contributed by atoms with Crippen LogP contribution in [0.1, 0.15) is 32.1 Å². The summed E-state index contributed by atoms with van der Waals surface area (Å²) in [5.74, 6) is 0.816. The van der Waals surface area contributed by atoms with Crippen molar-refractivity contribution in [1.29, 1.82) is 0 Å². The van der Waals surface area contributed by atoms with Crippen molar-refractivity contribution >= 4 is 5.91 Å². The molecule has 1 aromatic rings. The van der Waals surface area contributed by atoms with Gasteiger partial charge in [-0.25, -0.2) is 0 Å². The maximum absolute atomic E-state index is 11.7. The molecule has 0 spiro atoms. The van der Waals surface area contributed by atoms with Crippen molar-refractivity contribution in [1.82, 2.24) is 20.3 Å². The van der Waals surface area contributed by atoms with Crippen LogP contribution < -0.4 is 5.32 Å². The predicted octanol–water partition coefficient (Wildman–Crippen LogP) is 0.583. The highest BCUT2D eigenvalue weighted by molar-refractivity contribution is 5.75. The Labute approximate surface area is 113 Å². The summed E-state index contributed by atoms with van der Waals surface area (Å²) in [6.45, 7) is 1.47. The number of nitrogens with one attached hydrogen (secondary N) is 1. The molecule has 1 aromatic heterocycles. The Morgan fingerprint density at radius 3 is 2.84 bits per heavy atom. The minimum atomic E-state index is 0.0396. The Morgan fingerprint density at radius 2 is 2.16 bits per heavy atom. The number of aliphatic hydroxyl groups is 1. The van der Waals surface area contributed by atoms with Crippen LogP contribution in [0.5, 0.6) is 0 Å². The smallest absolute Gasteiger partial charge is 0.221 e. The first-order chi connectivity index (χ1) is 9.29. The van der Waals surface area contributed by atoms with Gasteiger partial charge in [0, 0.05) is 25.8 Å². The number of aryl methyl sites for hydroxylation is 1. The molecule has 1 heterocycles. The van der Waals surface area contributed by atoms with Crippen LogP contribution in [0, 0.1) is 11.8 Å². The third-order valence-corrected chi connectivity index (χ3v) is 3.90. The molecule has 0 aliphatic heterocycles. The van der Waals surface area contributed by atoms with Gasteiger partial charge in [-0.2, -0.15) is 0 Å². The number of carbonyl (C=O) groups excluding carboxylic acids is 1. The minimum absolute atomic E-state index is 0.0396. The average Bonchev–Trinajstić information content (AvgIpc) is 2.96. The van der Waals surface area contributed by atoms with Crippen molar-refractivity contribution in [3.63, 3.8) is 0 Å². The average molecular weight is 266 g/mol. The fraction of sp³-hybridized carbons (Fsp3) is 0.769. The Kier molecular flexibility index (Phi) is 5.32. The van der Waals surface area contributed by atoms with E-state index < -0.39 is 0 Å². The highest BCUT2D eigenvalue weighted by atomic mass is 16.3. The predicted molar refractivity (Wildman–Crippen MR) is 70.2 cm³/mol. The van der Waals surface area contributed by atoms with Gasteiger partial charge in [0.25, 0.3) is 0 Å². The lowest BCUT2D eigenvalue weighted by Crippen LogP contribution is -2.35. The first kappa shape index (κ1) is 14.0. The van der Waals surface area contributed by atoms with Gasteiger partial charge >= 0.3 is 0 Å². The second-order valence-corrected chi connectivity index (χ2v) is 5.21. The van der Waals surface area contributed by atoms with Crippen LogP contribution in [-0.4, -0.2) is 39.2 Å². The molecule has 0 saturated heterocycles. The van der Waals surface area contributed by atoms with Gasteiger partial charge in [-0.3, -0.25) is 9.48 Å². The number of hydrogen-bond acceptors (Lipinski definition) is 4. The first-order valence-corrected chi connectivity index (χ1v) is 7.01. The van der Waals surface area contributed by atoms with E-state index in [1.54, 1.807) is 17.1 Å². The molecule has 6 nitrogen and oxygen atoms in total. The fourth-order valence-electron chi connectivity index (χ4n) is 2.69. The van der Waals surface area contributed by atoms with Crippen LogP contribution in [-0.2, 0) is 11.3 Å². The van der Waals surface area contributed by atoms with Crippen LogP contribution in [0.2, 0.25) is 0 Å². The fourth-order valence-corrected chi connectivity index (χ4v) is 2.69. The SMILES string of the molecule is O=C(CCn1ccnn1)NCC1CCCCC1CO. The lowest BCUT2D eigenvalue weighted by molar-refractivity contribution is -0.121. The summed E-state index contributed by atoms with van der Waals surface area (Å²) in [6, 6.07) is 0. The van der Waals surface area contributed by atoms with Gasteiger partial charge in [0.05, 0.1) is 12.7 Å². The van der Waals surface area contributed by atoms with E-state index in [-0.39, 0.29) is 12.5 Å². The van der Waals surface area contributed by atoms with E-state index in [0.29, 0.717) is 31.3 Å². The van der Waals surface area contributed by atoms with Crippen molar-refractivity contribution in [2.24, 2.45) is 11.8 Å². The van der Waals surface area contributed by atoms with Gasteiger partial charge in [0.2, 0.25) is 5.91 Å². The number of amides is 1. The van der Waals surface area contributed by atoms with E-state index in [4.69, 9.17) is 0 Å². The minimum Gasteiger partial charge on any atom is -0.396 e. The maximum Gasteiger partial charge on any atom is 0.221 e. The van der Waals surface area contributed by atoms with Crippen molar-refractivity contribution in [2.45, 2.75) is 38.6 Å². The zero-order valence-corrected chi connectivity index (χ0v) is 11.2. The molecule has 0 aromatic carbocycles. The molecule has 1 aliphatic rings. The number of carbonyl (C=O) groups is 1. The second-order valence-electron chi connectivity index (χ2n) is 5.21. The van der Waals surface area contributed by atoms with Gasteiger partial charge in [-0.05, 0) is 24.7 Å². The monoisotopic (exact) mass is 266 g/mol. The van der Waals surface area contributed by atoms with Crippen LogP contribution in [0.3, 0.4) is 0 Å². The van der Waals surface area contributed by atoms with Crippen molar-refractivity contribution in [3.05, 3.63) is 12.4 Å². The topological polar surface area (TPSA) is 80.0 Å². The Hall–Kier alpha value is -1.43. The molecular weight excluding hydrogens is 244 g/mol. The molecule has 1 saturated carbocycles. The Bertz CT molecular complexity index is 380. The summed E-state index contributed by atoms with van der Waals surface area (Å²) in [5.41, 5.74) is 0. The van der Waals surface area contributed by atoms with E-state index in [1.807, 2.05) is 0 Å². The molecule has 0 bridgehead atoms. The molecule has 19 heavy (non-hydrogen) atoms. The molecule has 1 aliphatic carbocycles. The zero-order valence-electron chi connectivity index (χ0n) is 11.2. The summed E-state index contributed by atoms with van der Waals surface area (Å²) < 4.78 is 1.65. The number of aliphatic hydroxyl groups excluding tert-OH is 1.